The van der Waals surface area contributed by atoms with E-state index in [1.54, 1.807) is 11.0 Å². The molecule has 1 fully saturated rings. The van der Waals surface area contributed by atoms with Crippen LogP contribution in [0.1, 0.15) is 37.6 Å². The lowest BCUT2D eigenvalue weighted by Gasteiger charge is -2.24. The fraction of sp³-hybridized carbons (Fsp3) is 0.474. The first-order valence-electron chi connectivity index (χ1n) is 8.37. The van der Waals surface area contributed by atoms with Gasteiger partial charge in [0.2, 0.25) is 0 Å². The highest BCUT2D eigenvalue weighted by atomic mass is 35.5. The van der Waals surface area contributed by atoms with E-state index in [2.05, 4.69) is 6.58 Å². The maximum Gasteiger partial charge on any atom is 0.410 e. The summed E-state index contributed by atoms with van der Waals surface area (Å²) >= 11 is 12.1. The van der Waals surface area contributed by atoms with Crippen molar-refractivity contribution in [2.45, 2.75) is 32.8 Å². The summed E-state index contributed by atoms with van der Waals surface area (Å²) in [7, 11) is 0. The van der Waals surface area contributed by atoms with Gasteiger partial charge in [0, 0.05) is 25.1 Å². The van der Waals surface area contributed by atoms with Crippen LogP contribution in [0, 0.1) is 5.92 Å². The minimum absolute atomic E-state index is 0.131. The molecular weight excluding hydrogens is 377 g/mol. The predicted octanol–water partition coefficient (Wildman–Crippen LogP) is 5.00. The average molecular weight is 400 g/mol. The minimum Gasteiger partial charge on any atom is -0.489 e. The number of halogens is 2. The molecule has 1 aliphatic rings. The number of nitrogens with zero attached hydrogens (tertiary/aromatic N) is 1. The molecule has 1 aromatic rings. The van der Waals surface area contributed by atoms with E-state index in [9.17, 15) is 9.59 Å². The lowest BCUT2D eigenvalue weighted by Crippen LogP contribution is -2.35. The van der Waals surface area contributed by atoms with Gasteiger partial charge in [-0.2, -0.15) is 0 Å². The van der Waals surface area contributed by atoms with Crippen LogP contribution in [0.4, 0.5) is 4.79 Å². The lowest BCUT2D eigenvalue weighted by atomic mass is 9.96. The second-order valence-corrected chi connectivity index (χ2v) is 7.95. The standard InChI is InChI=1S/C19H23Cl2NO4/c1-5-8-25-16-10-15(21)14(20)9-13(16)17(23)12-6-7-22(11-12)18(24)26-19(2,3)4/h5,9-10,12H,1,6-8,11H2,2-4H3/t12-/m0/s1. The molecule has 5 nitrogen and oxygen atoms in total. The van der Waals surface area contributed by atoms with E-state index in [0.29, 0.717) is 35.8 Å². The van der Waals surface area contributed by atoms with Crippen molar-refractivity contribution in [3.63, 3.8) is 0 Å². The zero-order valence-electron chi connectivity index (χ0n) is 15.2. The summed E-state index contributed by atoms with van der Waals surface area (Å²) in [6.07, 6.45) is 1.72. The van der Waals surface area contributed by atoms with Crippen molar-refractivity contribution in [1.82, 2.24) is 4.90 Å². The number of ketones is 1. The van der Waals surface area contributed by atoms with Crippen LogP contribution in [0.2, 0.25) is 10.0 Å². The van der Waals surface area contributed by atoms with Crippen molar-refractivity contribution >= 4 is 35.1 Å². The van der Waals surface area contributed by atoms with Crippen LogP contribution in [0.3, 0.4) is 0 Å². The number of ether oxygens (including phenoxy) is 2. The summed E-state index contributed by atoms with van der Waals surface area (Å²) in [5, 5.41) is 0.590. The predicted molar refractivity (Wildman–Crippen MR) is 102 cm³/mol. The molecule has 1 amide bonds. The third-order valence-electron chi connectivity index (χ3n) is 3.86. The molecule has 0 unspecified atom stereocenters. The van der Waals surface area contributed by atoms with Gasteiger partial charge in [0.15, 0.2) is 5.78 Å². The zero-order valence-corrected chi connectivity index (χ0v) is 16.7. The maximum absolute atomic E-state index is 13.0. The number of amides is 1. The second-order valence-electron chi connectivity index (χ2n) is 7.14. The van der Waals surface area contributed by atoms with Crippen LogP contribution in [0.25, 0.3) is 0 Å². The Hall–Kier alpha value is -1.72. The fourth-order valence-electron chi connectivity index (χ4n) is 2.68. The van der Waals surface area contributed by atoms with E-state index in [1.165, 1.54) is 12.1 Å². The summed E-state index contributed by atoms with van der Waals surface area (Å²) in [6.45, 7) is 10.0. The minimum atomic E-state index is -0.575. The monoisotopic (exact) mass is 399 g/mol. The first-order valence-corrected chi connectivity index (χ1v) is 9.13. The number of likely N-dealkylation sites (tertiary alicyclic amines) is 1. The molecule has 0 bridgehead atoms. The van der Waals surface area contributed by atoms with Gasteiger partial charge in [0.05, 0.1) is 15.6 Å². The van der Waals surface area contributed by atoms with Crippen molar-refractivity contribution < 1.29 is 19.1 Å². The van der Waals surface area contributed by atoms with Crippen LogP contribution < -0.4 is 4.74 Å². The van der Waals surface area contributed by atoms with Gasteiger partial charge in [-0.25, -0.2) is 4.79 Å². The van der Waals surface area contributed by atoms with Gasteiger partial charge in [-0.1, -0.05) is 35.9 Å². The zero-order chi connectivity index (χ0) is 19.5. The topological polar surface area (TPSA) is 55.8 Å². The van der Waals surface area contributed by atoms with E-state index in [-0.39, 0.29) is 23.3 Å². The van der Waals surface area contributed by atoms with Crippen molar-refractivity contribution in [3.05, 3.63) is 40.4 Å². The fourth-order valence-corrected chi connectivity index (χ4v) is 2.99. The number of hydrogen-bond acceptors (Lipinski definition) is 4. The summed E-state index contributed by atoms with van der Waals surface area (Å²) < 4.78 is 10.9. The molecule has 0 radical (unpaired) electrons. The normalized spacial score (nSPS) is 17.1. The molecule has 0 saturated carbocycles. The molecule has 142 valence electrons. The third kappa shape index (κ3) is 5.15. The van der Waals surface area contributed by atoms with Gasteiger partial charge in [0.25, 0.3) is 0 Å². The Morgan fingerprint density at radius 3 is 2.58 bits per heavy atom. The molecule has 1 aromatic carbocycles. The van der Waals surface area contributed by atoms with Crippen molar-refractivity contribution in [2.75, 3.05) is 19.7 Å². The number of rotatable bonds is 5. The number of hydrogen-bond donors (Lipinski definition) is 0. The number of carbonyl (C=O) groups excluding carboxylic acids is 2. The van der Waals surface area contributed by atoms with Gasteiger partial charge >= 0.3 is 6.09 Å². The molecule has 1 saturated heterocycles. The van der Waals surface area contributed by atoms with Crippen LogP contribution in [0.5, 0.6) is 5.75 Å². The smallest absolute Gasteiger partial charge is 0.410 e. The quantitative estimate of drug-likeness (QED) is 0.516. The molecule has 0 spiro atoms. The van der Waals surface area contributed by atoms with Crippen LogP contribution in [-0.2, 0) is 4.74 Å². The molecule has 0 N–H and O–H groups in total. The molecule has 1 heterocycles. The molecular formula is C19H23Cl2NO4. The summed E-state index contributed by atoms with van der Waals surface area (Å²) in [5.41, 5.74) is -0.216. The first-order chi connectivity index (χ1) is 12.1. The van der Waals surface area contributed by atoms with Gasteiger partial charge < -0.3 is 14.4 Å². The van der Waals surface area contributed by atoms with Gasteiger partial charge in [-0.3, -0.25) is 4.79 Å². The Morgan fingerprint density at radius 2 is 1.96 bits per heavy atom. The van der Waals surface area contributed by atoms with Crippen LogP contribution in [-0.4, -0.2) is 42.1 Å². The number of Topliss-reactive ketones (excluding diaryl/α,β-unsaturated/α-hetero) is 1. The largest absolute Gasteiger partial charge is 0.489 e. The van der Waals surface area contributed by atoms with Crippen molar-refractivity contribution in [2.24, 2.45) is 5.92 Å². The average Bonchev–Trinajstić information content (AvgIpc) is 3.03. The van der Waals surface area contributed by atoms with E-state index in [1.807, 2.05) is 20.8 Å². The molecule has 0 aliphatic carbocycles. The Bertz CT molecular complexity index is 712. The number of benzene rings is 1. The van der Waals surface area contributed by atoms with Crippen LogP contribution in [0.15, 0.2) is 24.8 Å². The molecule has 1 atom stereocenters. The highest BCUT2D eigenvalue weighted by molar-refractivity contribution is 6.42. The Labute approximate surface area is 163 Å². The highest BCUT2D eigenvalue weighted by Crippen LogP contribution is 2.34. The summed E-state index contributed by atoms with van der Waals surface area (Å²) in [6, 6.07) is 3.04. The van der Waals surface area contributed by atoms with Crippen LogP contribution >= 0.6 is 23.2 Å². The molecule has 2 rings (SSSR count). The van der Waals surface area contributed by atoms with E-state index >= 15 is 0 Å². The molecule has 7 heteroatoms. The van der Waals surface area contributed by atoms with Gasteiger partial charge in [0.1, 0.15) is 18.0 Å². The maximum atomic E-state index is 13.0. The highest BCUT2D eigenvalue weighted by Gasteiger charge is 2.35. The molecule has 1 aliphatic heterocycles. The first kappa shape index (κ1) is 20.6. The Kier molecular flexibility index (Phi) is 6.58. The molecule has 0 aromatic heterocycles. The Balaban J connectivity index is 2.16. The van der Waals surface area contributed by atoms with Crippen molar-refractivity contribution in [3.8, 4) is 5.75 Å². The van der Waals surface area contributed by atoms with Crippen molar-refractivity contribution in [1.29, 1.82) is 0 Å². The second kappa shape index (κ2) is 8.31. The Morgan fingerprint density at radius 1 is 1.31 bits per heavy atom. The molecule has 26 heavy (non-hydrogen) atoms. The SMILES string of the molecule is C=CCOc1cc(Cl)c(Cl)cc1C(=O)[C@H]1CCN(C(=O)OC(C)(C)C)C1. The third-order valence-corrected chi connectivity index (χ3v) is 4.58. The number of carbonyl (C=O) groups is 2. The van der Waals surface area contributed by atoms with E-state index in [4.69, 9.17) is 32.7 Å². The summed E-state index contributed by atoms with van der Waals surface area (Å²) in [4.78, 5) is 26.7. The van der Waals surface area contributed by atoms with Gasteiger partial charge in [-0.05, 0) is 33.3 Å². The van der Waals surface area contributed by atoms with Gasteiger partial charge in [-0.15, -0.1) is 0 Å². The lowest BCUT2D eigenvalue weighted by molar-refractivity contribution is 0.0289. The van der Waals surface area contributed by atoms with E-state index in [0.717, 1.165) is 0 Å². The van der Waals surface area contributed by atoms with E-state index < -0.39 is 11.7 Å². The summed E-state index contributed by atoms with van der Waals surface area (Å²) in [5.74, 6) is -0.112.